The van der Waals surface area contributed by atoms with E-state index in [1.807, 2.05) is 19.1 Å². The number of hydrogen-bond acceptors (Lipinski definition) is 3. The molecule has 1 aliphatic carbocycles. The molecule has 1 aliphatic rings. The lowest BCUT2D eigenvalue weighted by Gasteiger charge is -2.23. The molecule has 0 aliphatic heterocycles. The Morgan fingerprint density at radius 3 is 2.41 bits per heavy atom. The molecule has 2 N–H and O–H groups in total. The molecule has 5 nitrogen and oxygen atoms in total. The molecule has 1 fully saturated rings. The van der Waals surface area contributed by atoms with Crippen LogP contribution in [0.15, 0.2) is 64.7 Å². The van der Waals surface area contributed by atoms with Crippen LogP contribution in [0, 0.1) is 6.92 Å². The Morgan fingerprint density at radius 1 is 0.971 bits per heavy atom. The normalized spacial score (nSPS) is 14.6. The zero-order valence-electron chi connectivity index (χ0n) is 18.9. The Balaban J connectivity index is 1.60. The summed E-state index contributed by atoms with van der Waals surface area (Å²) in [6, 6.07) is 15.9. The van der Waals surface area contributed by atoms with E-state index in [1.54, 1.807) is 42.5 Å². The molecule has 0 radical (unpaired) electrons. The Kier molecular flexibility index (Phi) is 7.76. The van der Waals surface area contributed by atoms with E-state index in [1.165, 1.54) is 12.5 Å². The number of hydrogen-bond donors (Lipinski definition) is 2. The Morgan fingerprint density at radius 2 is 1.71 bits per heavy atom. The fourth-order valence-electron chi connectivity index (χ4n) is 3.97. The molecule has 1 heterocycles. The summed E-state index contributed by atoms with van der Waals surface area (Å²) in [5.74, 6) is 0.247. The van der Waals surface area contributed by atoms with Crippen LogP contribution >= 0.6 is 23.2 Å². The highest BCUT2D eigenvalue weighted by molar-refractivity contribution is 6.36. The minimum absolute atomic E-state index is 0.0981. The minimum Gasteiger partial charge on any atom is -0.457 e. The van der Waals surface area contributed by atoms with Crippen LogP contribution in [0.5, 0.6) is 0 Å². The van der Waals surface area contributed by atoms with Crippen molar-refractivity contribution in [3.05, 3.63) is 87.2 Å². The van der Waals surface area contributed by atoms with Crippen LogP contribution in [-0.2, 0) is 4.79 Å². The summed E-state index contributed by atoms with van der Waals surface area (Å²) in [6.45, 7) is 1.95. The van der Waals surface area contributed by atoms with Gasteiger partial charge >= 0.3 is 0 Å². The number of benzene rings is 2. The van der Waals surface area contributed by atoms with Crippen molar-refractivity contribution in [3.63, 3.8) is 0 Å². The van der Waals surface area contributed by atoms with Gasteiger partial charge in [0.15, 0.2) is 0 Å². The first-order valence-corrected chi connectivity index (χ1v) is 12.1. The molecule has 176 valence electrons. The highest BCUT2D eigenvalue weighted by atomic mass is 35.5. The van der Waals surface area contributed by atoms with E-state index in [9.17, 15) is 9.59 Å². The van der Waals surface area contributed by atoms with E-state index in [2.05, 4.69) is 10.6 Å². The molecule has 2 amide bonds. The SMILES string of the molecule is Cc1ccc(C(=O)NC(=Cc2ccc(-c3ccc(Cl)cc3Cl)o2)C(=O)NC2CCCCC2)cc1. The van der Waals surface area contributed by atoms with E-state index >= 15 is 0 Å². The maximum atomic E-state index is 13.1. The van der Waals surface area contributed by atoms with Crippen molar-refractivity contribution in [2.24, 2.45) is 0 Å². The molecule has 7 heteroatoms. The number of aryl methyl sites for hydroxylation is 1. The van der Waals surface area contributed by atoms with E-state index in [4.69, 9.17) is 27.6 Å². The molecule has 3 aromatic rings. The number of carbonyl (C=O) groups is 2. The number of nitrogens with one attached hydrogen (secondary N) is 2. The lowest BCUT2D eigenvalue weighted by atomic mass is 9.95. The summed E-state index contributed by atoms with van der Waals surface area (Å²) in [4.78, 5) is 26.0. The number of rotatable bonds is 6. The molecule has 1 aromatic heterocycles. The minimum atomic E-state index is -0.363. The third kappa shape index (κ3) is 6.10. The topological polar surface area (TPSA) is 71.3 Å². The van der Waals surface area contributed by atoms with Crippen LogP contribution in [0.1, 0.15) is 53.8 Å². The van der Waals surface area contributed by atoms with Gasteiger partial charge in [-0.15, -0.1) is 0 Å². The molecule has 0 spiro atoms. The van der Waals surface area contributed by atoms with Crippen LogP contribution in [0.3, 0.4) is 0 Å². The molecular weight excluding hydrogens is 471 g/mol. The maximum absolute atomic E-state index is 13.1. The quantitative estimate of drug-likeness (QED) is 0.369. The van der Waals surface area contributed by atoms with Gasteiger partial charge in [-0.2, -0.15) is 0 Å². The van der Waals surface area contributed by atoms with Gasteiger partial charge in [0.05, 0.1) is 5.02 Å². The molecule has 1 saturated carbocycles. The first kappa shape index (κ1) is 24.1. The Labute approximate surface area is 209 Å². The zero-order valence-corrected chi connectivity index (χ0v) is 20.4. The third-order valence-corrected chi connectivity index (χ3v) is 6.40. The fraction of sp³-hybridized carbons (Fsp3) is 0.259. The van der Waals surface area contributed by atoms with Crippen LogP contribution in [-0.4, -0.2) is 17.9 Å². The van der Waals surface area contributed by atoms with Crippen molar-refractivity contribution >= 4 is 41.1 Å². The maximum Gasteiger partial charge on any atom is 0.268 e. The summed E-state index contributed by atoms with van der Waals surface area (Å²) in [5, 5.41) is 6.81. The highest BCUT2D eigenvalue weighted by Gasteiger charge is 2.21. The summed E-state index contributed by atoms with van der Waals surface area (Å²) >= 11 is 12.3. The lowest BCUT2D eigenvalue weighted by molar-refractivity contribution is -0.118. The average molecular weight is 497 g/mol. The molecule has 0 bridgehead atoms. The van der Waals surface area contributed by atoms with Crippen molar-refractivity contribution in [2.45, 2.75) is 45.1 Å². The smallest absolute Gasteiger partial charge is 0.268 e. The molecule has 2 aromatic carbocycles. The number of amides is 2. The van der Waals surface area contributed by atoms with E-state index in [0.717, 1.165) is 31.2 Å². The summed E-state index contributed by atoms with van der Waals surface area (Å²) < 4.78 is 5.93. The second-order valence-corrected chi connectivity index (χ2v) is 9.36. The van der Waals surface area contributed by atoms with Crippen LogP contribution in [0.25, 0.3) is 17.4 Å². The highest BCUT2D eigenvalue weighted by Crippen LogP contribution is 2.32. The molecule has 0 saturated heterocycles. The third-order valence-electron chi connectivity index (χ3n) is 5.86. The predicted octanol–water partition coefficient (Wildman–Crippen LogP) is 6.78. The van der Waals surface area contributed by atoms with Crippen molar-refractivity contribution in [2.75, 3.05) is 0 Å². The van der Waals surface area contributed by atoms with Crippen molar-refractivity contribution in [1.29, 1.82) is 0 Å². The monoisotopic (exact) mass is 496 g/mol. The van der Waals surface area contributed by atoms with Crippen LogP contribution in [0.2, 0.25) is 10.0 Å². The van der Waals surface area contributed by atoms with Gasteiger partial charge in [0, 0.05) is 28.3 Å². The largest absolute Gasteiger partial charge is 0.457 e. The standard InChI is InChI=1S/C27H26Cl2N2O3/c1-17-7-9-18(10-8-17)26(32)31-24(27(33)30-20-5-3-2-4-6-20)16-21-12-14-25(34-21)22-13-11-19(28)15-23(22)29/h7-16,20H,2-6H2,1H3,(H,30,33)(H,31,32). The van der Waals surface area contributed by atoms with Crippen molar-refractivity contribution in [1.82, 2.24) is 10.6 Å². The molecular formula is C27H26Cl2N2O3. The molecule has 0 atom stereocenters. The van der Waals surface area contributed by atoms with Gasteiger partial charge in [-0.1, -0.05) is 60.2 Å². The Hall–Kier alpha value is -3.02. The summed E-state index contributed by atoms with van der Waals surface area (Å²) in [5.41, 5.74) is 2.32. The average Bonchev–Trinajstić information content (AvgIpc) is 3.28. The number of halogens is 2. The molecule has 34 heavy (non-hydrogen) atoms. The van der Waals surface area contributed by atoms with E-state index in [-0.39, 0.29) is 23.6 Å². The molecule has 0 unspecified atom stereocenters. The first-order chi connectivity index (χ1) is 16.4. The van der Waals surface area contributed by atoms with Crippen molar-refractivity contribution in [3.8, 4) is 11.3 Å². The lowest BCUT2D eigenvalue weighted by Crippen LogP contribution is -2.41. The zero-order chi connectivity index (χ0) is 24.1. The van der Waals surface area contributed by atoms with Gasteiger partial charge in [-0.25, -0.2) is 0 Å². The summed E-state index contributed by atoms with van der Waals surface area (Å²) in [7, 11) is 0. The Bertz CT molecular complexity index is 1210. The van der Waals surface area contributed by atoms with Gasteiger partial charge in [-0.05, 0) is 62.2 Å². The van der Waals surface area contributed by atoms with Gasteiger partial charge < -0.3 is 15.1 Å². The van der Waals surface area contributed by atoms with E-state index in [0.29, 0.717) is 32.7 Å². The number of furan rings is 1. The van der Waals surface area contributed by atoms with Gasteiger partial charge in [0.25, 0.3) is 11.8 Å². The van der Waals surface area contributed by atoms with Crippen LogP contribution in [0.4, 0.5) is 0 Å². The number of carbonyl (C=O) groups excluding carboxylic acids is 2. The second kappa shape index (κ2) is 10.9. The predicted molar refractivity (Wildman–Crippen MR) is 136 cm³/mol. The second-order valence-electron chi connectivity index (χ2n) is 8.51. The fourth-order valence-corrected chi connectivity index (χ4v) is 4.48. The van der Waals surface area contributed by atoms with Gasteiger partial charge in [-0.3, -0.25) is 9.59 Å². The van der Waals surface area contributed by atoms with Crippen LogP contribution < -0.4 is 10.6 Å². The van der Waals surface area contributed by atoms with E-state index < -0.39 is 0 Å². The van der Waals surface area contributed by atoms with Gasteiger partial charge in [0.1, 0.15) is 17.2 Å². The first-order valence-electron chi connectivity index (χ1n) is 11.3. The molecule has 4 rings (SSSR count). The summed E-state index contributed by atoms with van der Waals surface area (Å²) in [6.07, 6.45) is 6.77. The van der Waals surface area contributed by atoms with Gasteiger partial charge in [0.2, 0.25) is 0 Å². The van der Waals surface area contributed by atoms with Crippen molar-refractivity contribution < 1.29 is 14.0 Å².